The van der Waals surface area contributed by atoms with E-state index in [1.807, 2.05) is 36.4 Å². The number of hydrogen-bond donors (Lipinski definition) is 2. The Morgan fingerprint density at radius 1 is 0.585 bits per heavy atom. The highest BCUT2D eigenvalue weighted by atomic mass is 32.1. The van der Waals surface area contributed by atoms with Crippen LogP contribution in [0.2, 0.25) is 0 Å². The molecule has 41 heavy (non-hydrogen) atoms. The molecular formula is C30H22N4O5S2. The zero-order chi connectivity index (χ0) is 28.3. The van der Waals surface area contributed by atoms with Gasteiger partial charge in [0.2, 0.25) is 0 Å². The Bertz CT molecular complexity index is 1740. The quantitative estimate of drug-likeness (QED) is 0.195. The van der Waals surface area contributed by atoms with Gasteiger partial charge >= 0.3 is 0 Å². The van der Waals surface area contributed by atoms with Crippen LogP contribution in [0.5, 0.6) is 23.0 Å². The molecule has 2 amide bonds. The number of thiazole rings is 2. The van der Waals surface area contributed by atoms with Gasteiger partial charge in [0, 0.05) is 11.1 Å². The second-order valence-corrected chi connectivity index (χ2v) is 10.8. The van der Waals surface area contributed by atoms with Gasteiger partial charge in [0.05, 0.1) is 34.7 Å². The van der Waals surface area contributed by atoms with E-state index in [1.54, 1.807) is 62.8 Å². The summed E-state index contributed by atoms with van der Waals surface area (Å²) < 4.78 is 18.2. The highest BCUT2D eigenvalue weighted by Gasteiger charge is 2.13. The number of ether oxygens (including phenoxy) is 3. The van der Waals surface area contributed by atoms with Crippen molar-refractivity contribution in [1.82, 2.24) is 9.97 Å². The summed E-state index contributed by atoms with van der Waals surface area (Å²) >= 11 is 2.75. The van der Waals surface area contributed by atoms with Crippen LogP contribution in [0, 0.1) is 0 Å². The second-order valence-electron chi connectivity index (χ2n) is 8.76. The molecule has 2 aromatic heterocycles. The van der Waals surface area contributed by atoms with E-state index >= 15 is 0 Å². The lowest BCUT2D eigenvalue weighted by Crippen LogP contribution is -2.11. The SMILES string of the molecule is COc1ccc2nc(NC(=O)c3ccc(Oc4ccc(C(=O)Nc5nc6ccc(OC)cc6s5)cc4)cc3)sc2c1. The van der Waals surface area contributed by atoms with Gasteiger partial charge in [-0.15, -0.1) is 0 Å². The Morgan fingerprint density at radius 2 is 0.976 bits per heavy atom. The molecule has 0 saturated heterocycles. The lowest BCUT2D eigenvalue weighted by atomic mass is 10.2. The molecule has 0 aliphatic carbocycles. The first-order valence-electron chi connectivity index (χ1n) is 12.4. The number of amides is 2. The van der Waals surface area contributed by atoms with E-state index in [9.17, 15) is 9.59 Å². The molecule has 2 N–H and O–H groups in total. The summed E-state index contributed by atoms with van der Waals surface area (Å²) in [6.45, 7) is 0. The first kappa shape index (κ1) is 26.2. The molecule has 0 unspecified atom stereocenters. The summed E-state index contributed by atoms with van der Waals surface area (Å²) in [5, 5.41) is 6.69. The molecule has 6 rings (SSSR count). The van der Waals surface area contributed by atoms with E-state index in [4.69, 9.17) is 14.2 Å². The number of aromatic nitrogens is 2. The third-order valence-electron chi connectivity index (χ3n) is 6.10. The predicted octanol–water partition coefficient (Wildman–Crippen LogP) is 7.22. The molecule has 0 bridgehead atoms. The highest BCUT2D eigenvalue weighted by molar-refractivity contribution is 7.22. The van der Waals surface area contributed by atoms with Gasteiger partial charge < -0.3 is 14.2 Å². The summed E-state index contributed by atoms with van der Waals surface area (Å²) in [5.74, 6) is 2.03. The van der Waals surface area contributed by atoms with Crippen LogP contribution in [0.4, 0.5) is 10.3 Å². The van der Waals surface area contributed by atoms with Crippen molar-refractivity contribution in [3.05, 3.63) is 96.1 Å². The molecule has 0 aliphatic heterocycles. The molecule has 0 aliphatic rings. The third-order valence-corrected chi connectivity index (χ3v) is 7.97. The number of nitrogens with one attached hydrogen (secondary N) is 2. The zero-order valence-corrected chi connectivity index (χ0v) is 23.5. The number of benzene rings is 4. The third kappa shape index (κ3) is 5.81. The summed E-state index contributed by atoms with van der Waals surface area (Å²) in [6.07, 6.45) is 0. The lowest BCUT2D eigenvalue weighted by molar-refractivity contribution is 0.101. The van der Waals surface area contributed by atoms with Crippen molar-refractivity contribution in [3.63, 3.8) is 0 Å². The van der Waals surface area contributed by atoms with Crippen molar-refractivity contribution in [2.75, 3.05) is 24.9 Å². The monoisotopic (exact) mass is 582 g/mol. The fraction of sp³-hybridized carbons (Fsp3) is 0.0667. The predicted molar refractivity (Wildman–Crippen MR) is 161 cm³/mol. The number of hydrogen-bond acceptors (Lipinski definition) is 9. The maximum atomic E-state index is 12.7. The topological polar surface area (TPSA) is 112 Å². The fourth-order valence-electron chi connectivity index (χ4n) is 3.99. The Hall–Kier alpha value is -5.00. The largest absolute Gasteiger partial charge is 0.497 e. The standard InChI is InChI=1S/C30H22N4O5S2/c1-37-21-11-13-23-25(15-21)40-29(31-23)33-27(35)17-3-7-19(8-4-17)39-20-9-5-18(6-10-20)28(36)34-30-32-24-14-12-22(38-2)16-26(24)41-30/h3-16H,1-2H3,(H,31,33,35)(H,32,34,36). The Balaban J connectivity index is 1.06. The molecule has 0 fully saturated rings. The van der Waals surface area contributed by atoms with Gasteiger partial charge in [-0.2, -0.15) is 0 Å². The van der Waals surface area contributed by atoms with Gasteiger partial charge in [-0.05, 0) is 84.9 Å². The van der Waals surface area contributed by atoms with Crippen LogP contribution in [-0.4, -0.2) is 36.0 Å². The average Bonchev–Trinajstić information content (AvgIpc) is 3.59. The van der Waals surface area contributed by atoms with Crippen LogP contribution in [0.1, 0.15) is 20.7 Å². The van der Waals surface area contributed by atoms with Crippen molar-refractivity contribution in [2.24, 2.45) is 0 Å². The summed E-state index contributed by atoms with van der Waals surface area (Å²) in [4.78, 5) is 34.4. The van der Waals surface area contributed by atoms with Gasteiger partial charge in [-0.1, -0.05) is 22.7 Å². The Kier molecular flexibility index (Phi) is 7.19. The molecule has 0 saturated carbocycles. The van der Waals surface area contributed by atoms with Crippen molar-refractivity contribution in [2.45, 2.75) is 0 Å². The normalized spacial score (nSPS) is 10.9. The number of fused-ring (bicyclic) bond motifs is 2. The average molecular weight is 583 g/mol. The van der Waals surface area contributed by atoms with Crippen LogP contribution in [-0.2, 0) is 0 Å². The second kappa shape index (κ2) is 11.2. The van der Waals surface area contributed by atoms with E-state index in [-0.39, 0.29) is 11.8 Å². The molecule has 11 heteroatoms. The van der Waals surface area contributed by atoms with Crippen LogP contribution >= 0.6 is 22.7 Å². The minimum absolute atomic E-state index is 0.273. The molecular weight excluding hydrogens is 560 g/mol. The lowest BCUT2D eigenvalue weighted by Gasteiger charge is -2.08. The number of rotatable bonds is 8. The fourth-order valence-corrected chi connectivity index (χ4v) is 5.77. The van der Waals surface area contributed by atoms with E-state index in [2.05, 4.69) is 20.6 Å². The number of anilines is 2. The Morgan fingerprint density at radius 3 is 1.37 bits per heavy atom. The van der Waals surface area contributed by atoms with Crippen molar-refractivity contribution in [3.8, 4) is 23.0 Å². The molecule has 9 nitrogen and oxygen atoms in total. The van der Waals surface area contributed by atoms with Gasteiger partial charge in [0.25, 0.3) is 11.8 Å². The number of nitrogens with zero attached hydrogens (tertiary/aromatic N) is 2. The molecule has 204 valence electrons. The van der Waals surface area contributed by atoms with Gasteiger partial charge in [-0.3, -0.25) is 20.2 Å². The summed E-state index contributed by atoms with van der Waals surface area (Å²) in [7, 11) is 3.22. The highest BCUT2D eigenvalue weighted by Crippen LogP contribution is 2.31. The van der Waals surface area contributed by atoms with E-state index in [0.717, 1.165) is 31.9 Å². The molecule has 6 aromatic rings. The number of methoxy groups -OCH3 is 2. The van der Waals surface area contributed by atoms with Crippen molar-refractivity contribution in [1.29, 1.82) is 0 Å². The van der Waals surface area contributed by atoms with E-state index in [0.29, 0.717) is 32.9 Å². The van der Waals surface area contributed by atoms with Crippen LogP contribution in [0.15, 0.2) is 84.9 Å². The molecule has 2 heterocycles. The van der Waals surface area contributed by atoms with Crippen LogP contribution < -0.4 is 24.8 Å². The van der Waals surface area contributed by atoms with Crippen LogP contribution in [0.3, 0.4) is 0 Å². The van der Waals surface area contributed by atoms with Crippen LogP contribution in [0.25, 0.3) is 20.4 Å². The maximum Gasteiger partial charge on any atom is 0.257 e. The van der Waals surface area contributed by atoms with Gasteiger partial charge in [0.15, 0.2) is 10.3 Å². The van der Waals surface area contributed by atoms with Crippen molar-refractivity contribution >= 4 is 65.2 Å². The maximum absolute atomic E-state index is 12.7. The minimum Gasteiger partial charge on any atom is -0.497 e. The number of carbonyl (C=O) groups is 2. The first-order valence-corrected chi connectivity index (χ1v) is 14.0. The summed E-state index contributed by atoms with van der Waals surface area (Å²) in [5.41, 5.74) is 2.51. The molecule has 0 spiro atoms. The van der Waals surface area contributed by atoms with Crippen molar-refractivity contribution < 1.29 is 23.8 Å². The van der Waals surface area contributed by atoms with E-state index in [1.165, 1.54) is 22.7 Å². The zero-order valence-electron chi connectivity index (χ0n) is 21.8. The molecule has 4 aromatic carbocycles. The van der Waals surface area contributed by atoms with Gasteiger partial charge in [-0.25, -0.2) is 9.97 Å². The van der Waals surface area contributed by atoms with Gasteiger partial charge in [0.1, 0.15) is 23.0 Å². The number of carbonyl (C=O) groups excluding carboxylic acids is 2. The molecule has 0 atom stereocenters. The summed E-state index contributed by atoms with van der Waals surface area (Å²) in [6, 6.07) is 24.7. The minimum atomic E-state index is -0.273. The molecule has 0 radical (unpaired) electrons. The van der Waals surface area contributed by atoms with E-state index < -0.39 is 0 Å². The Labute approximate surface area is 242 Å². The first-order chi connectivity index (χ1) is 20.0. The smallest absolute Gasteiger partial charge is 0.257 e.